The summed E-state index contributed by atoms with van der Waals surface area (Å²) in [7, 11) is 0. The first-order valence-electron chi connectivity index (χ1n) is 5.97. The minimum Gasteiger partial charge on any atom is -0.377 e. The molecule has 0 aromatic heterocycles. The van der Waals surface area contributed by atoms with E-state index in [1.54, 1.807) is 0 Å². The molecule has 17 heavy (non-hydrogen) atoms. The first-order valence-corrected chi connectivity index (χ1v) is 5.97. The monoisotopic (exact) mass is 264 g/mol. The van der Waals surface area contributed by atoms with Gasteiger partial charge in [0.15, 0.2) is 0 Å². The predicted molar refractivity (Wildman–Crippen MR) is 66.5 cm³/mol. The van der Waals surface area contributed by atoms with Gasteiger partial charge >= 0.3 is 0 Å². The van der Waals surface area contributed by atoms with Crippen LogP contribution in [-0.2, 0) is 14.3 Å². The quantitative estimate of drug-likeness (QED) is 0.765. The number of halogens is 1. The Morgan fingerprint density at radius 2 is 2.29 bits per heavy atom. The number of morpholine rings is 2. The summed E-state index contributed by atoms with van der Waals surface area (Å²) in [5.74, 6) is 0.185. The maximum atomic E-state index is 12.0. The van der Waals surface area contributed by atoms with Crippen LogP contribution in [-0.4, -0.2) is 62.4 Å². The Balaban J connectivity index is 0.00000144. The van der Waals surface area contributed by atoms with E-state index in [1.165, 1.54) is 0 Å². The number of ether oxygens (including phenoxy) is 2. The van der Waals surface area contributed by atoms with E-state index in [0.717, 1.165) is 13.1 Å². The van der Waals surface area contributed by atoms with Gasteiger partial charge in [-0.25, -0.2) is 0 Å². The number of carbonyl (C=O) groups is 1. The molecule has 0 aromatic carbocycles. The third-order valence-corrected chi connectivity index (χ3v) is 3.09. The molecule has 0 aliphatic carbocycles. The zero-order valence-electron chi connectivity index (χ0n) is 10.2. The standard InChI is InChI=1S/C11H20N2O3.ClH/c1-9-8-15-5-3-13(9)11(14)6-10-7-12-2-4-16-10;/h9-10,12H,2-8H2,1H3;1H. The summed E-state index contributed by atoms with van der Waals surface area (Å²) < 4.78 is 10.8. The van der Waals surface area contributed by atoms with Crippen molar-refractivity contribution in [3.8, 4) is 0 Å². The smallest absolute Gasteiger partial charge is 0.225 e. The summed E-state index contributed by atoms with van der Waals surface area (Å²) in [5, 5.41) is 3.23. The Labute approximate surface area is 108 Å². The van der Waals surface area contributed by atoms with Gasteiger partial charge in [0.1, 0.15) is 0 Å². The van der Waals surface area contributed by atoms with E-state index in [2.05, 4.69) is 5.32 Å². The first kappa shape index (κ1) is 14.7. The molecule has 100 valence electrons. The Morgan fingerprint density at radius 3 is 2.94 bits per heavy atom. The molecule has 2 saturated heterocycles. The van der Waals surface area contributed by atoms with Crippen molar-refractivity contribution >= 4 is 18.3 Å². The van der Waals surface area contributed by atoms with Crippen LogP contribution in [0, 0.1) is 0 Å². The van der Waals surface area contributed by atoms with Gasteiger partial charge in [0, 0.05) is 19.6 Å². The highest BCUT2D eigenvalue weighted by molar-refractivity contribution is 5.85. The zero-order valence-corrected chi connectivity index (χ0v) is 11.0. The molecule has 2 atom stereocenters. The minimum absolute atomic E-state index is 0. The lowest BCUT2D eigenvalue weighted by Crippen LogP contribution is -2.49. The minimum atomic E-state index is 0. The molecule has 1 N–H and O–H groups in total. The van der Waals surface area contributed by atoms with E-state index in [-0.39, 0.29) is 30.5 Å². The second-order valence-corrected chi connectivity index (χ2v) is 4.41. The zero-order chi connectivity index (χ0) is 11.4. The molecular weight excluding hydrogens is 244 g/mol. The van der Waals surface area contributed by atoms with Crippen molar-refractivity contribution in [1.29, 1.82) is 0 Å². The lowest BCUT2D eigenvalue weighted by molar-refractivity contribution is -0.142. The van der Waals surface area contributed by atoms with Crippen LogP contribution < -0.4 is 5.32 Å². The number of hydrogen-bond acceptors (Lipinski definition) is 4. The number of nitrogens with zero attached hydrogens (tertiary/aromatic N) is 1. The van der Waals surface area contributed by atoms with Gasteiger partial charge in [-0.2, -0.15) is 0 Å². The normalized spacial score (nSPS) is 29.6. The molecule has 2 fully saturated rings. The maximum Gasteiger partial charge on any atom is 0.225 e. The molecule has 1 amide bonds. The van der Waals surface area contributed by atoms with Gasteiger partial charge in [-0.1, -0.05) is 0 Å². The molecule has 2 heterocycles. The third-order valence-electron chi connectivity index (χ3n) is 3.09. The van der Waals surface area contributed by atoms with Crippen molar-refractivity contribution in [1.82, 2.24) is 10.2 Å². The van der Waals surface area contributed by atoms with Crippen LogP contribution in [0.25, 0.3) is 0 Å². The Morgan fingerprint density at radius 1 is 1.47 bits per heavy atom. The van der Waals surface area contributed by atoms with Crippen LogP contribution in [0.1, 0.15) is 13.3 Å². The van der Waals surface area contributed by atoms with Crippen LogP contribution in [0.5, 0.6) is 0 Å². The van der Waals surface area contributed by atoms with E-state index in [1.807, 2.05) is 11.8 Å². The van der Waals surface area contributed by atoms with Crippen molar-refractivity contribution in [3.63, 3.8) is 0 Å². The number of carbonyl (C=O) groups excluding carboxylic acids is 1. The Bertz CT molecular complexity index is 247. The average Bonchev–Trinajstić information content (AvgIpc) is 2.31. The molecule has 2 aliphatic rings. The molecule has 0 aromatic rings. The van der Waals surface area contributed by atoms with E-state index < -0.39 is 0 Å². The number of hydrogen-bond donors (Lipinski definition) is 1. The molecule has 0 radical (unpaired) electrons. The number of amides is 1. The van der Waals surface area contributed by atoms with Crippen LogP contribution >= 0.6 is 12.4 Å². The Hall–Kier alpha value is -0.360. The molecule has 0 spiro atoms. The fraction of sp³-hybridized carbons (Fsp3) is 0.909. The fourth-order valence-corrected chi connectivity index (χ4v) is 2.16. The van der Waals surface area contributed by atoms with Crippen molar-refractivity contribution in [2.24, 2.45) is 0 Å². The van der Waals surface area contributed by atoms with Gasteiger partial charge in [0.25, 0.3) is 0 Å². The van der Waals surface area contributed by atoms with Crippen molar-refractivity contribution < 1.29 is 14.3 Å². The lowest BCUT2D eigenvalue weighted by Gasteiger charge is -2.34. The van der Waals surface area contributed by atoms with Crippen LogP contribution in [0.3, 0.4) is 0 Å². The summed E-state index contributed by atoms with van der Waals surface area (Å²) in [4.78, 5) is 13.9. The first-order chi connectivity index (χ1) is 7.77. The summed E-state index contributed by atoms with van der Waals surface area (Å²) >= 11 is 0. The Kier molecular flexibility index (Phi) is 6.19. The summed E-state index contributed by atoms with van der Waals surface area (Å²) in [6.45, 7) is 6.41. The second-order valence-electron chi connectivity index (χ2n) is 4.41. The summed E-state index contributed by atoms with van der Waals surface area (Å²) in [6.07, 6.45) is 0.522. The van der Waals surface area contributed by atoms with Crippen LogP contribution in [0.15, 0.2) is 0 Å². The topological polar surface area (TPSA) is 50.8 Å². The average molecular weight is 265 g/mol. The lowest BCUT2D eigenvalue weighted by atomic mass is 10.1. The second kappa shape index (κ2) is 7.16. The van der Waals surface area contributed by atoms with Gasteiger partial charge < -0.3 is 19.7 Å². The highest BCUT2D eigenvalue weighted by Crippen LogP contribution is 2.11. The SMILES string of the molecule is CC1COCCN1C(=O)CC1CNCCO1.Cl. The fourth-order valence-electron chi connectivity index (χ4n) is 2.16. The molecule has 6 heteroatoms. The molecule has 0 saturated carbocycles. The molecule has 5 nitrogen and oxygen atoms in total. The van der Waals surface area contributed by atoms with Gasteiger partial charge in [0.05, 0.1) is 38.4 Å². The molecule has 2 rings (SSSR count). The van der Waals surface area contributed by atoms with E-state index in [9.17, 15) is 4.79 Å². The highest BCUT2D eigenvalue weighted by Gasteiger charge is 2.26. The molecule has 2 aliphatic heterocycles. The molecular formula is C11H21ClN2O3. The van der Waals surface area contributed by atoms with Gasteiger partial charge in [-0.3, -0.25) is 4.79 Å². The summed E-state index contributed by atoms with van der Waals surface area (Å²) in [6, 6.07) is 0.192. The molecule has 2 unspecified atom stereocenters. The van der Waals surface area contributed by atoms with Crippen molar-refractivity contribution in [2.75, 3.05) is 39.5 Å². The van der Waals surface area contributed by atoms with Gasteiger partial charge in [-0.15, -0.1) is 12.4 Å². The van der Waals surface area contributed by atoms with Crippen molar-refractivity contribution in [2.45, 2.75) is 25.5 Å². The number of rotatable bonds is 2. The van der Waals surface area contributed by atoms with E-state index >= 15 is 0 Å². The van der Waals surface area contributed by atoms with Gasteiger partial charge in [0.2, 0.25) is 5.91 Å². The maximum absolute atomic E-state index is 12.0. The molecule has 0 bridgehead atoms. The van der Waals surface area contributed by atoms with E-state index in [0.29, 0.717) is 32.8 Å². The summed E-state index contributed by atoms with van der Waals surface area (Å²) in [5.41, 5.74) is 0. The van der Waals surface area contributed by atoms with E-state index in [4.69, 9.17) is 9.47 Å². The van der Waals surface area contributed by atoms with Gasteiger partial charge in [-0.05, 0) is 6.92 Å². The van der Waals surface area contributed by atoms with Crippen LogP contribution in [0.2, 0.25) is 0 Å². The number of nitrogens with one attached hydrogen (secondary N) is 1. The third kappa shape index (κ3) is 4.10. The predicted octanol–water partition coefficient (Wildman–Crippen LogP) is 0.0340. The largest absolute Gasteiger partial charge is 0.377 e. The van der Waals surface area contributed by atoms with Crippen molar-refractivity contribution in [3.05, 3.63) is 0 Å². The van der Waals surface area contributed by atoms with Crippen LogP contribution in [0.4, 0.5) is 0 Å². The highest BCUT2D eigenvalue weighted by atomic mass is 35.5.